The number of carbonyl (C=O) groups is 1. The Morgan fingerprint density at radius 1 is 1.25 bits per heavy atom. The molecule has 1 N–H and O–H groups in total. The van der Waals surface area contributed by atoms with Gasteiger partial charge in [-0.1, -0.05) is 19.4 Å². The largest absolute Gasteiger partial charge is 0.337 e. The maximum absolute atomic E-state index is 12.8. The fourth-order valence-corrected chi connectivity index (χ4v) is 3.19. The first-order valence-corrected chi connectivity index (χ1v) is 8.70. The van der Waals surface area contributed by atoms with Crippen molar-refractivity contribution in [1.82, 2.24) is 25.0 Å². The van der Waals surface area contributed by atoms with E-state index in [-0.39, 0.29) is 5.91 Å². The first kappa shape index (κ1) is 16.6. The molecule has 3 heterocycles. The van der Waals surface area contributed by atoms with Gasteiger partial charge >= 0.3 is 0 Å². The minimum absolute atomic E-state index is 0.107. The third-order valence-electron chi connectivity index (χ3n) is 4.45. The highest BCUT2D eigenvalue weighted by Gasteiger charge is 2.23. The van der Waals surface area contributed by atoms with Gasteiger partial charge in [-0.2, -0.15) is 5.10 Å². The molecule has 3 rings (SSSR count). The summed E-state index contributed by atoms with van der Waals surface area (Å²) in [6.45, 7) is 6.46. The first-order chi connectivity index (χ1) is 11.8. The molecule has 2 aromatic heterocycles. The van der Waals surface area contributed by atoms with Crippen molar-refractivity contribution in [3.8, 4) is 0 Å². The number of H-pyrrole nitrogens is 1. The van der Waals surface area contributed by atoms with Crippen molar-refractivity contribution < 1.29 is 4.79 Å². The Kier molecular flexibility index (Phi) is 5.59. The van der Waals surface area contributed by atoms with Gasteiger partial charge in [0.1, 0.15) is 0 Å². The van der Waals surface area contributed by atoms with Crippen molar-refractivity contribution in [2.24, 2.45) is 0 Å². The molecule has 1 fully saturated rings. The molecule has 6 heteroatoms. The van der Waals surface area contributed by atoms with E-state index in [1.807, 2.05) is 17.2 Å². The monoisotopic (exact) mass is 327 g/mol. The quantitative estimate of drug-likeness (QED) is 0.913. The maximum atomic E-state index is 12.8. The lowest BCUT2D eigenvalue weighted by Crippen LogP contribution is -2.35. The summed E-state index contributed by atoms with van der Waals surface area (Å²) < 4.78 is 0. The molecule has 0 bridgehead atoms. The summed E-state index contributed by atoms with van der Waals surface area (Å²) >= 11 is 0. The lowest BCUT2D eigenvalue weighted by atomic mass is 10.1. The lowest BCUT2D eigenvalue weighted by molar-refractivity contribution is 0.0760. The SMILES string of the molecule is CCCc1[nH]ncc1C(=O)N1CCCN(Cc2cccnc2)CC1. The van der Waals surface area contributed by atoms with Crippen LogP contribution < -0.4 is 0 Å². The predicted molar refractivity (Wildman–Crippen MR) is 92.6 cm³/mol. The van der Waals surface area contributed by atoms with E-state index >= 15 is 0 Å². The van der Waals surface area contributed by atoms with Gasteiger partial charge in [-0.3, -0.25) is 19.8 Å². The Morgan fingerprint density at radius 3 is 2.96 bits per heavy atom. The van der Waals surface area contributed by atoms with Crippen LogP contribution in [-0.4, -0.2) is 57.1 Å². The molecular weight excluding hydrogens is 302 g/mol. The van der Waals surface area contributed by atoms with Crippen molar-refractivity contribution >= 4 is 5.91 Å². The topological polar surface area (TPSA) is 65.1 Å². The van der Waals surface area contributed by atoms with E-state index in [0.29, 0.717) is 0 Å². The van der Waals surface area contributed by atoms with Gasteiger partial charge in [0.25, 0.3) is 5.91 Å². The molecule has 0 atom stereocenters. The van der Waals surface area contributed by atoms with Gasteiger partial charge in [-0.15, -0.1) is 0 Å². The average molecular weight is 327 g/mol. The van der Waals surface area contributed by atoms with Gasteiger partial charge < -0.3 is 4.90 Å². The van der Waals surface area contributed by atoms with E-state index < -0.39 is 0 Å². The molecule has 1 amide bonds. The van der Waals surface area contributed by atoms with Crippen LogP contribution >= 0.6 is 0 Å². The van der Waals surface area contributed by atoms with Gasteiger partial charge in [-0.25, -0.2) is 0 Å². The number of amides is 1. The van der Waals surface area contributed by atoms with Crippen LogP contribution in [0, 0.1) is 0 Å². The molecule has 2 aromatic rings. The number of aryl methyl sites for hydroxylation is 1. The fraction of sp³-hybridized carbons (Fsp3) is 0.500. The van der Waals surface area contributed by atoms with E-state index in [2.05, 4.69) is 33.1 Å². The van der Waals surface area contributed by atoms with Crippen LogP contribution in [0.25, 0.3) is 0 Å². The van der Waals surface area contributed by atoms with Crippen molar-refractivity contribution in [3.05, 3.63) is 47.5 Å². The second-order valence-electron chi connectivity index (χ2n) is 6.30. The minimum Gasteiger partial charge on any atom is -0.337 e. The van der Waals surface area contributed by atoms with Crippen molar-refractivity contribution in [2.45, 2.75) is 32.7 Å². The van der Waals surface area contributed by atoms with E-state index in [4.69, 9.17) is 0 Å². The van der Waals surface area contributed by atoms with E-state index in [9.17, 15) is 4.79 Å². The molecule has 1 saturated heterocycles. The predicted octanol–water partition coefficient (Wildman–Crippen LogP) is 2.11. The molecule has 0 aromatic carbocycles. The van der Waals surface area contributed by atoms with Crippen LogP contribution in [0.5, 0.6) is 0 Å². The summed E-state index contributed by atoms with van der Waals surface area (Å²) in [4.78, 5) is 21.3. The van der Waals surface area contributed by atoms with Crippen LogP contribution in [-0.2, 0) is 13.0 Å². The van der Waals surface area contributed by atoms with E-state index in [1.54, 1.807) is 12.4 Å². The Bertz CT molecular complexity index is 654. The normalized spacial score (nSPS) is 16.1. The molecule has 0 aliphatic carbocycles. The summed E-state index contributed by atoms with van der Waals surface area (Å²) in [6, 6.07) is 4.07. The first-order valence-electron chi connectivity index (χ1n) is 8.70. The van der Waals surface area contributed by atoms with Gasteiger partial charge in [-0.05, 0) is 24.5 Å². The Balaban J connectivity index is 1.60. The fourth-order valence-electron chi connectivity index (χ4n) is 3.19. The number of aromatic nitrogens is 3. The minimum atomic E-state index is 0.107. The molecule has 1 aliphatic rings. The third kappa shape index (κ3) is 4.00. The summed E-state index contributed by atoms with van der Waals surface area (Å²) in [6.07, 6.45) is 8.24. The number of nitrogens with zero attached hydrogens (tertiary/aromatic N) is 4. The van der Waals surface area contributed by atoms with Gasteiger partial charge in [0.15, 0.2) is 0 Å². The molecule has 6 nitrogen and oxygen atoms in total. The molecule has 24 heavy (non-hydrogen) atoms. The summed E-state index contributed by atoms with van der Waals surface area (Å²) in [5.74, 6) is 0.107. The van der Waals surface area contributed by atoms with Gasteiger partial charge in [0.05, 0.1) is 11.8 Å². The molecule has 0 radical (unpaired) electrons. The smallest absolute Gasteiger partial charge is 0.257 e. The van der Waals surface area contributed by atoms with E-state index in [0.717, 1.165) is 63.2 Å². The zero-order chi connectivity index (χ0) is 16.8. The highest BCUT2D eigenvalue weighted by Crippen LogP contribution is 2.14. The molecule has 0 saturated carbocycles. The molecule has 1 aliphatic heterocycles. The van der Waals surface area contributed by atoms with E-state index in [1.165, 1.54) is 5.56 Å². The number of aromatic amines is 1. The Hall–Kier alpha value is -2.21. The Labute approximate surface area is 142 Å². The number of hydrogen-bond acceptors (Lipinski definition) is 4. The zero-order valence-electron chi connectivity index (χ0n) is 14.2. The summed E-state index contributed by atoms with van der Waals surface area (Å²) in [5, 5.41) is 7.03. The van der Waals surface area contributed by atoms with Crippen LogP contribution in [0.1, 0.15) is 41.4 Å². The Morgan fingerprint density at radius 2 is 2.17 bits per heavy atom. The summed E-state index contributed by atoms with van der Waals surface area (Å²) in [7, 11) is 0. The second-order valence-corrected chi connectivity index (χ2v) is 6.30. The number of nitrogens with one attached hydrogen (secondary N) is 1. The highest BCUT2D eigenvalue weighted by molar-refractivity contribution is 5.95. The number of carbonyl (C=O) groups excluding carboxylic acids is 1. The second kappa shape index (κ2) is 8.06. The highest BCUT2D eigenvalue weighted by atomic mass is 16.2. The van der Waals surface area contributed by atoms with Crippen molar-refractivity contribution in [2.75, 3.05) is 26.2 Å². The standard InChI is InChI=1S/C18H25N5O/c1-2-5-17-16(13-20-21-17)18(24)23-9-4-8-22(10-11-23)14-15-6-3-7-19-12-15/h3,6-7,12-13H,2,4-5,8-11,14H2,1H3,(H,20,21). The number of rotatable bonds is 5. The van der Waals surface area contributed by atoms with Crippen LogP contribution in [0.15, 0.2) is 30.7 Å². The molecule has 0 spiro atoms. The van der Waals surface area contributed by atoms with Crippen LogP contribution in [0.3, 0.4) is 0 Å². The number of pyridine rings is 1. The summed E-state index contributed by atoms with van der Waals surface area (Å²) in [5.41, 5.74) is 2.91. The van der Waals surface area contributed by atoms with Gasteiger partial charge in [0, 0.05) is 50.8 Å². The lowest BCUT2D eigenvalue weighted by Gasteiger charge is -2.22. The maximum Gasteiger partial charge on any atom is 0.257 e. The van der Waals surface area contributed by atoms with Crippen molar-refractivity contribution in [1.29, 1.82) is 0 Å². The van der Waals surface area contributed by atoms with Crippen molar-refractivity contribution in [3.63, 3.8) is 0 Å². The third-order valence-corrected chi connectivity index (χ3v) is 4.45. The molecular formula is C18H25N5O. The van der Waals surface area contributed by atoms with Crippen LogP contribution in [0.4, 0.5) is 0 Å². The zero-order valence-corrected chi connectivity index (χ0v) is 14.2. The average Bonchev–Trinajstić information content (AvgIpc) is 2.94. The van der Waals surface area contributed by atoms with Crippen LogP contribution in [0.2, 0.25) is 0 Å². The van der Waals surface area contributed by atoms with Gasteiger partial charge in [0.2, 0.25) is 0 Å². The molecule has 0 unspecified atom stereocenters. The number of hydrogen-bond donors (Lipinski definition) is 1. The molecule has 128 valence electrons.